The second-order valence-electron chi connectivity index (χ2n) is 1.88. The Morgan fingerprint density at radius 1 is 1.44 bits per heavy atom. The second-order valence-corrected chi connectivity index (χ2v) is 2.64. The zero-order chi connectivity index (χ0) is 6.69. The Morgan fingerprint density at radius 3 is 2.67 bits per heavy atom. The zero-order valence-electron chi connectivity index (χ0n) is 4.97. The van der Waals surface area contributed by atoms with Gasteiger partial charge in [-0.3, -0.25) is 0 Å². The molecule has 1 nitrogen and oxygen atoms in total. The Kier molecular flexibility index (Phi) is 2.33. The monoisotopic (exact) mass is 233 g/mol. The highest BCUT2D eigenvalue weighted by Crippen LogP contribution is 2.09. The van der Waals surface area contributed by atoms with E-state index in [0.717, 1.165) is 10.1 Å². The molecule has 0 aliphatic carbocycles. The van der Waals surface area contributed by atoms with E-state index in [1.165, 1.54) is 5.56 Å². The Labute approximate surface area is 68.4 Å². The van der Waals surface area contributed by atoms with Crippen molar-refractivity contribution in [3.8, 4) is 0 Å². The van der Waals surface area contributed by atoms with Crippen molar-refractivity contribution in [1.82, 2.24) is 0 Å². The van der Waals surface area contributed by atoms with Crippen molar-refractivity contribution in [2.45, 2.75) is 4.43 Å². The fourth-order valence-corrected chi connectivity index (χ4v) is 1.15. The lowest BCUT2D eigenvalue weighted by Crippen LogP contribution is -1.84. The molecule has 0 radical (unpaired) electrons. The van der Waals surface area contributed by atoms with Gasteiger partial charge in [-0.05, 0) is 17.7 Å². The summed E-state index contributed by atoms with van der Waals surface area (Å²) in [6.07, 6.45) is 0. The van der Waals surface area contributed by atoms with Crippen molar-refractivity contribution in [1.29, 1.82) is 0 Å². The highest BCUT2D eigenvalue weighted by Gasteiger charge is 1.87. The fraction of sp³-hybridized carbons (Fsp3) is 0.143. The average Bonchev–Trinajstić information content (AvgIpc) is 1.88. The first kappa shape index (κ1) is 6.86. The van der Waals surface area contributed by atoms with Gasteiger partial charge in [0.2, 0.25) is 0 Å². The first-order valence-corrected chi connectivity index (χ1v) is 4.26. The fourth-order valence-electron chi connectivity index (χ4n) is 0.676. The van der Waals surface area contributed by atoms with E-state index in [1.54, 1.807) is 0 Å². The van der Waals surface area contributed by atoms with Crippen molar-refractivity contribution in [3.05, 3.63) is 29.8 Å². The molecule has 0 aliphatic rings. The third-order valence-electron chi connectivity index (χ3n) is 1.11. The summed E-state index contributed by atoms with van der Waals surface area (Å²) >= 11 is 2.31. The van der Waals surface area contributed by atoms with E-state index in [-0.39, 0.29) is 0 Å². The minimum Gasteiger partial charge on any atom is -0.399 e. The van der Waals surface area contributed by atoms with Crippen molar-refractivity contribution >= 4 is 28.3 Å². The maximum atomic E-state index is 5.53. The molecule has 0 spiro atoms. The number of alkyl halides is 1. The lowest BCUT2D eigenvalue weighted by molar-refractivity contribution is 1.46. The van der Waals surface area contributed by atoms with Crippen LogP contribution in [0.5, 0.6) is 0 Å². The van der Waals surface area contributed by atoms with Gasteiger partial charge in [0, 0.05) is 10.1 Å². The molecule has 48 valence electrons. The Hall–Kier alpha value is -0.250. The summed E-state index contributed by atoms with van der Waals surface area (Å²) in [5.41, 5.74) is 7.67. The summed E-state index contributed by atoms with van der Waals surface area (Å²) in [5.74, 6) is 0. The summed E-state index contributed by atoms with van der Waals surface area (Å²) in [5, 5.41) is 0. The van der Waals surface area contributed by atoms with Crippen LogP contribution in [0, 0.1) is 0 Å². The van der Waals surface area contributed by atoms with Crippen LogP contribution in [-0.2, 0) is 4.43 Å². The molecular formula is C7H8IN. The van der Waals surface area contributed by atoms with Gasteiger partial charge >= 0.3 is 0 Å². The van der Waals surface area contributed by atoms with E-state index < -0.39 is 0 Å². The third-order valence-corrected chi connectivity index (χ3v) is 1.99. The molecule has 2 heteroatoms. The van der Waals surface area contributed by atoms with Crippen LogP contribution in [0.1, 0.15) is 5.56 Å². The van der Waals surface area contributed by atoms with Crippen LogP contribution < -0.4 is 5.73 Å². The highest BCUT2D eigenvalue weighted by molar-refractivity contribution is 14.1. The number of rotatable bonds is 1. The first-order chi connectivity index (χ1) is 4.33. The number of nitrogen functional groups attached to an aromatic ring is 1. The van der Waals surface area contributed by atoms with Crippen molar-refractivity contribution < 1.29 is 0 Å². The van der Waals surface area contributed by atoms with Gasteiger partial charge in [-0.15, -0.1) is 0 Å². The number of hydrogen-bond donors (Lipinski definition) is 1. The van der Waals surface area contributed by atoms with Crippen LogP contribution in [0.25, 0.3) is 0 Å². The predicted molar refractivity (Wildman–Crippen MR) is 48.6 cm³/mol. The molecule has 9 heavy (non-hydrogen) atoms. The van der Waals surface area contributed by atoms with Gasteiger partial charge in [-0.25, -0.2) is 0 Å². The van der Waals surface area contributed by atoms with Crippen LogP contribution in [0.2, 0.25) is 0 Å². The normalized spacial score (nSPS) is 9.44. The molecule has 1 aromatic rings. The van der Waals surface area contributed by atoms with Gasteiger partial charge < -0.3 is 5.73 Å². The quantitative estimate of drug-likeness (QED) is 0.449. The molecule has 0 saturated carbocycles. The van der Waals surface area contributed by atoms with Gasteiger partial charge in [0.05, 0.1) is 0 Å². The van der Waals surface area contributed by atoms with E-state index in [2.05, 4.69) is 28.7 Å². The van der Waals surface area contributed by atoms with Crippen LogP contribution in [0.3, 0.4) is 0 Å². The van der Waals surface area contributed by atoms with Crippen LogP contribution in [-0.4, -0.2) is 0 Å². The smallest absolute Gasteiger partial charge is 0.0317 e. The van der Waals surface area contributed by atoms with E-state index >= 15 is 0 Å². The Balaban J connectivity index is 2.94. The average molecular weight is 233 g/mol. The molecular weight excluding hydrogens is 225 g/mol. The minimum absolute atomic E-state index is 0.851. The maximum absolute atomic E-state index is 5.53. The molecule has 0 heterocycles. The molecule has 0 saturated heterocycles. The van der Waals surface area contributed by atoms with E-state index in [4.69, 9.17) is 5.73 Å². The lowest BCUT2D eigenvalue weighted by Gasteiger charge is -1.94. The van der Waals surface area contributed by atoms with E-state index in [0.29, 0.717) is 0 Å². The third kappa shape index (κ3) is 1.86. The first-order valence-electron chi connectivity index (χ1n) is 2.73. The number of anilines is 1. The van der Waals surface area contributed by atoms with E-state index in [1.807, 2.05) is 18.2 Å². The molecule has 2 N–H and O–H groups in total. The van der Waals surface area contributed by atoms with Gasteiger partial charge in [-0.2, -0.15) is 0 Å². The van der Waals surface area contributed by atoms with Crippen LogP contribution >= 0.6 is 22.6 Å². The largest absolute Gasteiger partial charge is 0.399 e. The summed E-state index contributed by atoms with van der Waals surface area (Å²) in [7, 11) is 0. The summed E-state index contributed by atoms with van der Waals surface area (Å²) in [4.78, 5) is 0. The van der Waals surface area contributed by atoms with E-state index in [9.17, 15) is 0 Å². The van der Waals surface area contributed by atoms with Crippen LogP contribution in [0.4, 0.5) is 5.69 Å². The van der Waals surface area contributed by atoms with Crippen LogP contribution in [0.15, 0.2) is 24.3 Å². The predicted octanol–water partition coefficient (Wildman–Crippen LogP) is 2.20. The molecule has 0 unspecified atom stereocenters. The minimum atomic E-state index is 0.851. The van der Waals surface area contributed by atoms with Gasteiger partial charge in [0.25, 0.3) is 0 Å². The molecule has 0 fully saturated rings. The maximum Gasteiger partial charge on any atom is 0.0317 e. The molecule has 0 aromatic heterocycles. The zero-order valence-corrected chi connectivity index (χ0v) is 7.13. The number of halogens is 1. The molecule has 0 atom stereocenters. The highest BCUT2D eigenvalue weighted by atomic mass is 127. The van der Waals surface area contributed by atoms with Gasteiger partial charge in [0.1, 0.15) is 0 Å². The Bertz CT molecular complexity index is 198. The number of nitrogens with two attached hydrogens (primary N) is 1. The number of hydrogen-bond acceptors (Lipinski definition) is 1. The molecule has 0 aliphatic heterocycles. The second kappa shape index (κ2) is 3.06. The number of benzene rings is 1. The van der Waals surface area contributed by atoms with Crippen molar-refractivity contribution in [2.24, 2.45) is 0 Å². The molecule has 1 rings (SSSR count). The van der Waals surface area contributed by atoms with Gasteiger partial charge in [-0.1, -0.05) is 34.7 Å². The molecule has 0 bridgehead atoms. The summed E-state index contributed by atoms with van der Waals surface area (Å²) in [6.45, 7) is 0. The van der Waals surface area contributed by atoms with Gasteiger partial charge in [0.15, 0.2) is 0 Å². The standard InChI is InChI=1S/C7H8IN/c8-5-6-2-1-3-7(9)4-6/h1-4H,5,9H2. The summed E-state index contributed by atoms with van der Waals surface area (Å²) < 4.78 is 1.03. The van der Waals surface area contributed by atoms with Crippen molar-refractivity contribution in [2.75, 3.05) is 5.73 Å². The lowest BCUT2D eigenvalue weighted by atomic mass is 10.2. The molecule has 1 aromatic carbocycles. The Morgan fingerprint density at radius 2 is 2.22 bits per heavy atom. The van der Waals surface area contributed by atoms with Crippen molar-refractivity contribution in [3.63, 3.8) is 0 Å². The molecule has 0 amide bonds. The summed E-state index contributed by atoms with van der Waals surface area (Å²) in [6, 6.07) is 7.94. The topological polar surface area (TPSA) is 26.0 Å². The SMILES string of the molecule is Nc1cccc(CI)c1.